The maximum absolute atomic E-state index is 5.49. The second kappa shape index (κ2) is 5.65. The third-order valence-corrected chi connectivity index (χ3v) is 3.05. The molecule has 0 spiro atoms. The van der Waals surface area contributed by atoms with Crippen molar-refractivity contribution in [3.05, 3.63) is 42.2 Å². The molecule has 0 aliphatic rings. The molecule has 0 unspecified atom stereocenters. The quantitative estimate of drug-likeness (QED) is 0.838. The number of nitrogens with zero attached hydrogens (tertiary/aromatic N) is 2. The zero-order valence-corrected chi connectivity index (χ0v) is 10.3. The van der Waals surface area contributed by atoms with Gasteiger partial charge in [0.05, 0.1) is 7.11 Å². The maximum Gasteiger partial charge on any atom is 0.192 e. The second-order valence-corrected chi connectivity index (χ2v) is 4.40. The minimum Gasteiger partial charge on any atom is -0.497 e. The van der Waals surface area contributed by atoms with E-state index in [1.807, 2.05) is 24.3 Å². The Hall–Kier alpha value is -1.59. The minimum absolute atomic E-state index is 0.462. The van der Waals surface area contributed by atoms with Gasteiger partial charge in [-0.05, 0) is 30.0 Å². The number of benzene rings is 1. The molecule has 88 valence electrons. The fraction of sp³-hybridized carbons (Fsp3) is 0.167. The first kappa shape index (κ1) is 11.9. The third kappa shape index (κ3) is 3.18. The Morgan fingerprint density at radius 1 is 1.29 bits per heavy atom. The van der Waals surface area contributed by atoms with Crippen LogP contribution in [0, 0.1) is 0 Å². The number of hydrogen-bond donors (Lipinski definition) is 1. The lowest BCUT2D eigenvalue weighted by Crippen LogP contribution is -1.98. The summed E-state index contributed by atoms with van der Waals surface area (Å²) in [5.74, 6) is 0.827. The Balaban J connectivity index is 2.13. The highest BCUT2D eigenvalue weighted by molar-refractivity contribution is 7.99. The van der Waals surface area contributed by atoms with Crippen LogP contribution in [0.1, 0.15) is 5.56 Å². The second-order valence-electron chi connectivity index (χ2n) is 3.36. The van der Waals surface area contributed by atoms with Crippen molar-refractivity contribution in [1.29, 1.82) is 0 Å². The minimum atomic E-state index is 0.462. The van der Waals surface area contributed by atoms with E-state index in [4.69, 9.17) is 10.5 Å². The van der Waals surface area contributed by atoms with Crippen LogP contribution in [0.2, 0.25) is 0 Å². The van der Waals surface area contributed by atoms with Gasteiger partial charge in [0.15, 0.2) is 5.16 Å². The first-order valence-electron chi connectivity index (χ1n) is 5.14. The van der Waals surface area contributed by atoms with Gasteiger partial charge < -0.3 is 10.5 Å². The number of ether oxygens (including phenoxy) is 1. The molecule has 0 atom stereocenters. The van der Waals surface area contributed by atoms with Crippen LogP contribution in [-0.4, -0.2) is 17.1 Å². The van der Waals surface area contributed by atoms with Gasteiger partial charge in [0.2, 0.25) is 0 Å². The normalized spacial score (nSPS) is 10.2. The van der Waals surface area contributed by atoms with Crippen LogP contribution in [0.5, 0.6) is 5.75 Å². The monoisotopic (exact) mass is 247 g/mol. The molecule has 5 heteroatoms. The summed E-state index contributed by atoms with van der Waals surface area (Å²) in [4.78, 5) is 9.51. The largest absolute Gasteiger partial charge is 0.497 e. The van der Waals surface area contributed by atoms with Crippen molar-refractivity contribution in [2.45, 2.75) is 16.6 Å². The molecule has 2 N–H and O–H groups in total. The van der Waals surface area contributed by atoms with Gasteiger partial charge in [-0.2, -0.15) is 0 Å². The average molecular weight is 247 g/mol. The maximum atomic E-state index is 5.49. The summed E-state index contributed by atoms with van der Waals surface area (Å²) in [6.45, 7) is 0.462. The number of rotatable bonds is 4. The summed E-state index contributed by atoms with van der Waals surface area (Å²) < 4.78 is 5.16. The first-order valence-corrected chi connectivity index (χ1v) is 5.96. The van der Waals surface area contributed by atoms with Crippen molar-refractivity contribution in [3.8, 4) is 5.75 Å². The lowest BCUT2D eigenvalue weighted by Gasteiger charge is -2.03. The van der Waals surface area contributed by atoms with Crippen LogP contribution < -0.4 is 10.5 Å². The molecule has 0 aliphatic carbocycles. The van der Waals surface area contributed by atoms with E-state index in [0.29, 0.717) is 11.7 Å². The van der Waals surface area contributed by atoms with E-state index in [2.05, 4.69) is 9.97 Å². The number of nitrogens with two attached hydrogens (primary N) is 1. The predicted octanol–water partition coefficient (Wildman–Crippen LogP) is 2.10. The lowest BCUT2D eigenvalue weighted by molar-refractivity contribution is 0.413. The van der Waals surface area contributed by atoms with Crippen LogP contribution in [0.4, 0.5) is 0 Å². The highest BCUT2D eigenvalue weighted by Crippen LogP contribution is 2.27. The summed E-state index contributed by atoms with van der Waals surface area (Å²) in [7, 11) is 1.65. The smallest absolute Gasteiger partial charge is 0.192 e. The van der Waals surface area contributed by atoms with Gasteiger partial charge >= 0.3 is 0 Å². The molecule has 0 aliphatic heterocycles. The molecule has 1 aromatic heterocycles. The topological polar surface area (TPSA) is 61.0 Å². The Morgan fingerprint density at radius 3 is 2.71 bits per heavy atom. The molecule has 0 amide bonds. The van der Waals surface area contributed by atoms with E-state index in [1.165, 1.54) is 11.8 Å². The van der Waals surface area contributed by atoms with Gasteiger partial charge in [0.25, 0.3) is 0 Å². The fourth-order valence-electron chi connectivity index (χ4n) is 1.27. The van der Waals surface area contributed by atoms with Crippen LogP contribution in [0.3, 0.4) is 0 Å². The molecule has 2 aromatic rings. The Morgan fingerprint density at radius 2 is 2.06 bits per heavy atom. The van der Waals surface area contributed by atoms with Crippen LogP contribution >= 0.6 is 11.8 Å². The molecule has 17 heavy (non-hydrogen) atoms. The summed E-state index contributed by atoms with van der Waals surface area (Å²) in [6, 6.07) is 7.79. The molecule has 4 nitrogen and oxygen atoms in total. The SMILES string of the molecule is COc1cccc(Sc2ncc(CN)cn2)c1. The van der Waals surface area contributed by atoms with Gasteiger partial charge in [-0.1, -0.05) is 6.07 Å². The molecule has 1 heterocycles. The highest BCUT2D eigenvalue weighted by atomic mass is 32.2. The molecule has 0 radical (unpaired) electrons. The predicted molar refractivity (Wildman–Crippen MR) is 67.0 cm³/mol. The molecule has 0 saturated heterocycles. The van der Waals surface area contributed by atoms with E-state index in [0.717, 1.165) is 16.2 Å². The van der Waals surface area contributed by atoms with Gasteiger partial charge in [-0.15, -0.1) is 0 Å². The van der Waals surface area contributed by atoms with E-state index in [1.54, 1.807) is 19.5 Å². The van der Waals surface area contributed by atoms with Crippen molar-refractivity contribution in [2.24, 2.45) is 5.73 Å². The van der Waals surface area contributed by atoms with Crippen LogP contribution in [-0.2, 0) is 6.54 Å². The molecule has 2 rings (SSSR count). The zero-order chi connectivity index (χ0) is 12.1. The average Bonchev–Trinajstić information content (AvgIpc) is 2.40. The Labute approximate surface area is 104 Å². The lowest BCUT2D eigenvalue weighted by atomic mass is 10.3. The summed E-state index contributed by atoms with van der Waals surface area (Å²) in [6.07, 6.45) is 3.49. The van der Waals surface area contributed by atoms with Crippen LogP contribution in [0.15, 0.2) is 46.7 Å². The summed E-state index contributed by atoms with van der Waals surface area (Å²) in [5, 5.41) is 0.704. The van der Waals surface area contributed by atoms with Gasteiger partial charge in [0, 0.05) is 29.4 Å². The van der Waals surface area contributed by atoms with Crippen LogP contribution in [0.25, 0.3) is 0 Å². The molecule has 0 fully saturated rings. The first-order chi connectivity index (χ1) is 8.31. The standard InChI is InChI=1S/C12H13N3OS/c1-16-10-3-2-4-11(5-10)17-12-14-7-9(6-13)8-15-12/h2-5,7-8H,6,13H2,1H3. The Kier molecular flexibility index (Phi) is 3.95. The van der Waals surface area contributed by atoms with E-state index < -0.39 is 0 Å². The zero-order valence-electron chi connectivity index (χ0n) is 9.46. The van der Waals surface area contributed by atoms with Crippen molar-refractivity contribution in [3.63, 3.8) is 0 Å². The molecular formula is C12H13N3OS. The number of aromatic nitrogens is 2. The van der Waals surface area contributed by atoms with Gasteiger partial charge in [-0.3, -0.25) is 0 Å². The van der Waals surface area contributed by atoms with Crippen molar-refractivity contribution in [2.75, 3.05) is 7.11 Å². The molecule has 1 aromatic carbocycles. The number of hydrogen-bond acceptors (Lipinski definition) is 5. The molecular weight excluding hydrogens is 234 g/mol. The molecule has 0 saturated carbocycles. The van der Waals surface area contributed by atoms with E-state index in [-0.39, 0.29) is 0 Å². The number of methoxy groups -OCH3 is 1. The third-order valence-electron chi connectivity index (χ3n) is 2.17. The van der Waals surface area contributed by atoms with Crippen molar-refractivity contribution >= 4 is 11.8 Å². The highest BCUT2D eigenvalue weighted by Gasteiger charge is 2.01. The summed E-state index contributed by atoms with van der Waals surface area (Å²) >= 11 is 1.49. The molecule has 0 bridgehead atoms. The van der Waals surface area contributed by atoms with E-state index >= 15 is 0 Å². The summed E-state index contributed by atoms with van der Waals surface area (Å²) in [5.41, 5.74) is 6.42. The van der Waals surface area contributed by atoms with Crippen molar-refractivity contribution < 1.29 is 4.74 Å². The van der Waals surface area contributed by atoms with E-state index in [9.17, 15) is 0 Å². The fourth-order valence-corrected chi connectivity index (χ4v) is 2.01. The van der Waals surface area contributed by atoms with Crippen molar-refractivity contribution in [1.82, 2.24) is 9.97 Å². The Bertz CT molecular complexity index is 487. The van der Waals surface area contributed by atoms with Gasteiger partial charge in [-0.25, -0.2) is 9.97 Å². The van der Waals surface area contributed by atoms with Gasteiger partial charge in [0.1, 0.15) is 5.75 Å².